The minimum absolute atomic E-state index is 0.0574. The first-order valence-electron chi connectivity index (χ1n) is 9.48. The predicted molar refractivity (Wildman–Crippen MR) is 107 cm³/mol. The van der Waals surface area contributed by atoms with Crippen LogP contribution in [0.3, 0.4) is 0 Å². The van der Waals surface area contributed by atoms with Gasteiger partial charge < -0.3 is 20.1 Å². The monoisotopic (exact) mass is 382 g/mol. The molecule has 0 radical (unpaired) electrons. The first-order chi connectivity index (χ1) is 13.4. The summed E-state index contributed by atoms with van der Waals surface area (Å²) < 4.78 is 11.5. The van der Waals surface area contributed by atoms with Crippen molar-refractivity contribution in [2.24, 2.45) is 5.92 Å². The zero-order chi connectivity index (χ0) is 20.1. The van der Waals surface area contributed by atoms with E-state index >= 15 is 0 Å². The summed E-state index contributed by atoms with van der Waals surface area (Å²) in [5.41, 5.74) is 1.53. The smallest absolute Gasteiger partial charge is 0.251 e. The molecule has 0 aromatic heterocycles. The molecule has 28 heavy (non-hydrogen) atoms. The number of rotatable bonds is 6. The van der Waals surface area contributed by atoms with Crippen molar-refractivity contribution < 1.29 is 19.1 Å². The fourth-order valence-electron chi connectivity index (χ4n) is 3.03. The number of carbonyl (C=O) groups excluding carboxylic acids is 2. The molecule has 3 rings (SSSR count). The Morgan fingerprint density at radius 3 is 2.57 bits per heavy atom. The number of ether oxygens (including phenoxy) is 2. The van der Waals surface area contributed by atoms with Crippen LogP contribution in [0, 0.1) is 12.8 Å². The van der Waals surface area contributed by atoms with E-state index in [0.29, 0.717) is 30.2 Å². The summed E-state index contributed by atoms with van der Waals surface area (Å²) in [7, 11) is 0. The summed E-state index contributed by atoms with van der Waals surface area (Å²) in [6.45, 7) is 6.39. The lowest BCUT2D eigenvalue weighted by Crippen LogP contribution is -2.52. The third-order valence-corrected chi connectivity index (χ3v) is 4.59. The van der Waals surface area contributed by atoms with Gasteiger partial charge in [0.2, 0.25) is 5.91 Å². The molecular weight excluding hydrogens is 356 g/mol. The van der Waals surface area contributed by atoms with Gasteiger partial charge in [-0.25, -0.2) is 0 Å². The van der Waals surface area contributed by atoms with Crippen LogP contribution in [-0.4, -0.2) is 37.1 Å². The van der Waals surface area contributed by atoms with Crippen molar-refractivity contribution in [1.29, 1.82) is 0 Å². The topological polar surface area (TPSA) is 76.7 Å². The number of benzene rings is 2. The fourth-order valence-corrected chi connectivity index (χ4v) is 3.03. The van der Waals surface area contributed by atoms with E-state index in [9.17, 15) is 9.59 Å². The van der Waals surface area contributed by atoms with Gasteiger partial charge in [-0.1, -0.05) is 43.7 Å². The molecule has 1 aliphatic heterocycles. The van der Waals surface area contributed by atoms with Crippen LogP contribution < -0.4 is 20.1 Å². The molecule has 2 amide bonds. The molecule has 2 aromatic carbocycles. The van der Waals surface area contributed by atoms with Gasteiger partial charge in [0.1, 0.15) is 18.8 Å². The molecule has 0 spiro atoms. The minimum Gasteiger partial charge on any atom is -0.486 e. The van der Waals surface area contributed by atoms with Crippen molar-refractivity contribution >= 4 is 11.8 Å². The number of hydrogen-bond donors (Lipinski definition) is 2. The quantitative estimate of drug-likeness (QED) is 0.805. The van der Waals surface area contributed by atoms with Gasteiger partial charge in [-0.2, -0.15) is 0 Å². The van der Waals surface area contributed by atoms with Crippen LogP contribution in [0.1, 0.15) is 29.8 Å². The Morgan fingerprint density at radius 1 is 1.11 bits per heavy atom. The number of aryl methyl sites for hydroxylation is 1. The van der Waals surface area contributed by atoms with Gasteiger partial charge in [-0.05, 0) is 37.1 Å². The molecule has 6 nitrogen and oxygen atoms in total. The first kappa shape index (κ1) is 19.7. The van der Waals surface area contributed by atoms with E-state index < -0.39 is 6.04 Å². The summed E-state index contributed by atoms with van der Waals surface area (Å²) >= 11 is 0. The lowest BCUT2D eigenvalue weighted by atomic mass is 10.0. The van der Waals surface area contributed by atoms with Gasteiger partial charge in [-0.3, -0.25) is 9.59 Å². The van der Waals surface area contributed by atoms with E-state index in [4.69, 9.17) is 9.47 Å². The molecule has 0 bridgehead atoms. The SMILES string of the molecule is Cc1cccc(C(=O)NC(C(=O)NCC2COc3ccccc3O2)C(C)C)c1. The predicted octanol–water partition coefficient (Wildman–Crippen LogP) is 2.71. The Morgan fingerprint density at radius 2 is 1.86 bits per heavy atom. The average Bonchev–Trinajstić information content (AvgIpc) is 2.69. The number of fused-ring (bicyclic) bond motifs is 1. The van der Waals surface area contributed by atoms with Crippen LogP contribution >= 0.6 is 0 Å². The van der Waals surface area contributed by atoms with Gasteiger partial charge in [0.15, 0.2) is 11.5 Å². The highest BCUT2D eigenvalue weighted by Gasteiger charge is 2.27. The van der Waals surface area contributed by atoms with Crippen molar-refractivity contribution in [3.63, 3.8) is 0 Å². The van der Waals surface area contributed by atoms with Crippen molar-refractivity contribution in [1.82, 2.24) is 10.6 Å². The largest absolute Gasteiger partial charge is 0.486 e. The average molecular weight is 382 g/mol. The fraction of sp³-hybridized carbons (Fsp3) is 0.364. The highest BCUT2D eigenvalue weighted by Crippen LogP contribution is 2.30. The Bertz CT molecular complexity index is 850. The zero-order valence-corrected chi connectivity index (χ0v) is 16.4. The van der Waals surface area contributed by atoms with Gasteiger partial charge in [-0.15, -0.1) is 0 Å². The van der Waals surface area contributed by atoms with Gasteiger partial charge >= 0.3 is 0 Å². The van der Waals surface area contributed by atoms with Crippen molar-refractivity contribution in [3.05, 3.63) is 59.7 Å². The molecule has 2 aromatic rings. The van der Waals surface area contributed by atoms with Crippen molar-refractivity contribution in [2.75, 3.05) is 13.2 Å². The molecule has 6 heteroatoms. The van der Waals surface area contributed by atoms with E-state index in [1.54, 1.807) is 12.1 Å². The second-order valence-corrected chi connectivity index (χ2v) is 7.31. The summed E-state index contributed by atoms with van der Waals surface area (Å²) in [5, 5.41) is 5.71. The molecule has 2 N–H and O–H groups in total. The molecule has 1 heterocycles. The molecule has 0 aliphatic carbocycles. The summed E-state index contributed by atoms with van der Waals surface area (Å²) in [4.78, 5) is 25.2. The Hall–Kier alpha value is -3.02. The number of nitrogens with one attached hydrogen (secondary N) is 2. The Balaban J connectivity index is 1.57. The highest BCUT2D eigenvalue weighted by molar-refractivity contribution is 5.97. The van der Waals surface area contributed by atoms with Gasteiger partial charge in [0.25, 0.3) is 5.91 Å². The lowest BCUT2D eigenvalue weighted by molar-refractivity contribution is -0.124. The van der Waals surface area contributed by atoms with Crippen molar-refractivity contribution in [3.8, 4) is 11.5 Å². The van der Waals surface area contributed by atoms with E-state index in [-0.39, 0.29) is 23.8 Å². The molecule has 2 atom stereocenters. The summed E-state index contributed by atoms with van der Waals surface area (Å²) in [6.07, 6.45) is -0.279. The van der Waals surface area contributed by atoms with E-state index in [0.717, 1.165) is 5.56 Å². The van der Waals surface area contributed by atoms with Crippen LogP contribution in [-0.2, 0) is 4.79 Å². The maximum Gasteiger partial charge on any atom is 0.251 e. The molecule has 0 fully saturated rings. The van der Waals surface area contributed by atoms with Crippen LogP contribution in [0.4, 0.5) is 0 Å². The third kappa shape index (κ3) is 4.82. The van der Waals surface area contributed by atoms with E-state index in [1.165, 1.54) is 0 Å². The molecule has 148 valence electrons. The third-order valence-electron chi connectivity index (χ3n) is 4.59. The molecule has 0 saturated heterocycles. The minimum atomic E-state index is -0.634. The van der Waals surface area contributed by atoms with E-state index in [1.807, 2.05) is 57.2 Å². The van der Waals surface area contributed by atoms with Crippen LogP contribution in [0.25, 0.3) is 0 Å². The maximum atomic E-state index is 12.7. The van der Waals surface area contributed by atoms with E-state index in [2.05, 4.69) is 10.6 Å². The number of amides is 2. The summed E-state index contributed by atoms with van der Waals surface area (Å²) in [6, 6.07) is 14.1. The normalized spacial score (nSPS) is 16.4. The first-order valence-corrected chi connectivity index (χ1v) is 9.48. The Kier molecular flexibility index (Phi) is 6.19. The zero-order valence-electron chi connectivity index (χ0n) is 16.4. The van der Waals surface area contributed by atoms with Crippen molar-refractivity contribution in [2.45, 2.75) is 32.9 Å². The number of carbonyl (C=O) groups is 2. The molecular formula is C22H26N2O4. The lowest BCUT2D eigenvalue weighted by Gasteiger charge is -2.28. The van der Waals surface area contributed by atoms with Gasteiger partial charge in [0, 0.05) is 5.56 Å². The van der Waals surface area contributed by atoms with Crippen LogP contribution in [0.15, 0.2) is 48.5 Å². The molecule has 1 aliphatic rings. The standard InChI is InChI=1S/C22H26N2O4/c1-14(2)20(24-21(25)16-8-6-7-15(3)11-16)22(26)23-12-17-13-27-18-9-4-5-10-19(18)28-17/h4-11,14,17,20H,12-13H2,1-3H3,(H,23,26)(H,24,25). The van der Waals surface area contributed by atoms with Gasteiger partial charge in [0.05, 0.1) is 6.54 Å². The number of para-hydroxylation sites is 2. The highest BCUT2D eigenvalue weighted by atomic mass is 16.6. The second-order valence-electron chi connectivity index (χ2n) is 7.31. The second kappa shape index (κ2) is 8.78. The maximum absolute atomic E-state index is 12.7. The van der Waals surface area contributed by atoms with Crippen LogP contribution in [0.5, 0.6) is 11.5 Å². The molecule has 0 saturated carbocycles. The Labute approximate surface area is 165 Å². The molecule has 2 unspecified atom stereocenters. The summed E-state index contributed by atoms with van der Waals surface area (Å²) in [5.74, 6) is 0.817. The van der Waals surface area contributed by atoms with Crippen LogP contribution in [0.2, 0.25) is 0 Å². The number of hydrogen-bond acceptors (Lipinski definition) is 4.